The molecule has 20 heavy (non-hydrogen) atoms. The second kappa shape index (κ2) is 5.24. The lowest BCUT2D eigenvalue weighted by atomic mass is 9.73. The number of rotatable bonds is 2. The standard InChI is InChI=1S/C16H28O4/c1-11-9-15(17-3)16(18-4,10-12(11)2)20-14-8-6-5-7-13(14)19-15/h11-14H,5-10H2,1-4H3/t11-,12-,13+,14+,15-,16+/m0/s1. The predicted molar refractivity (Wildman–Crippen MR) is 75.3 cm³/mol. The van der Waals surface area contributed by atoms with E-state index in [0.717, 1.165) is 25.7 Å². The minimum absolute atomic E-state index is 0.160. The van der Waals surface area contributed by atoms with Gasteiger partial charge >= 0.3 is 0 Å². The Balaban J connectivity index is 1.94. The van der Waals surface area contributed by atoms with Gasteiger partial charge in [-0.25, -0.2) is 0 Å². The fourth-order valence-corrected chi connectivity index (χ4v) is 4.23. The van der Waals surface area contributed by atoms with E-state index in [1.807, 2.05) is 0 Å². The van der Waals surface area contributed by atoms with Gasteiger partial charge in [-0.15, -0.1) is 0 Å². The molecule has 6 atom stereocenters. The van der Waals surface area contributed by atoms with Crippen LogP contribution in [0, 0.1) is 11.8 Å². The Kier molecular flexibility index (Phi) is 3.87. The van der Waals surface area contributed by atoms with E-state index in [2.05, 4.69) is 13.8 Å². The van der Waals surface area contributed by atoms with Crippen LogP contribution in [0.15, 0.2) is 0 Å². The van der Waals surface area contributed by atoms with Crippen molar-refractivity contribution in [1.82, 2.24) is 0 Å². The van der Waals surface area contributed by atoms with E-state index in [0.29, 0.717) is 11.8 Å². The van der Waals surface area contributed by atoms with Crippen molar-refractivity contribution in [2.24, 2.45) is 11.8 Å². The van der Waals surface area contributed by atoms with Gasteiger partial charge in [0.25, 0.3) is 0 Å². The van der Waals surface area contributed by atoms with Gasteiger partial charge < -0.3 is 18.9 Å². The Bertz CT molecular complexity index is 326. The molecule has 0 unspecified atom stereocenters. The monoisotopic (exact) mass is 284 g/mol. The molecule has 4 heteroatoms. The largest absolute Gasteiger partial charge is 0.349 e. The van der Waals surface area contributed by atoms with Crippen LogP contribution in [-0.2, 0) is 18.9 Å². The van der Waals surface area contributed by atoms with Crippen molar-refractivity contribution in [2.75, 3.05) is 14.2 Å². The summed E-state index contributed by atoms with van der Waals surface area (Å²) in [6, 6.07) is 0. The molecule has 0 aromatic carbocycles. The molecule has 3 rings (SSSR count). The van der Waals surface area contributed by atoms with Crippen molar-refractivity contribution < 1.29 is 18.9 Å². The zero-order chi connectivity index (χ0) is 14.4. The Hall–Kier alpha value is -0.160. The predicted octanol–water partition coefficient (Wildman–Crippen LogP) is 3.10. The molecule has 1 saturated heterocycles. The van der Waals surface area contributed by atoms with Crippen LogP contribution in [0.5, 0.6) is 0 Å². The topological polar surface area (TPSA) is 36.9 Å². The highest BCUT2D eigenvalue weighted by Crippen LogP contribution is 2.53. The molecule has 0 aromatic rings. The first-order valence-electron chi connectivity index (χ1n) is 8.02. The first-order valence-corrected chi connectivity index (χ1v) is 8.02. The van der Waals surface area contributed by atoms with E-state index in [1.165, 1.54) is 12.8 Å². The third kappa shape index (κ3) is 2.04. The Labute approximate surface area is 122 Å². The van der Waals surface area contributed by atoms with Crippen LogP contribution in [0.25, 0.3) is 0 Å². The maximum atomic E-state index is 6.47. The zero-order valence-electron chi connectivity index (χ0n) is 13.2. The maximum absolute atomic E-state index is 6.47. The summed E-state index contributed by atoms with van der Waals surface area (Å²) < 4.78 is 24.7. The van der Waals surface area contributed by atoms with Crippen LogP contribution in [-0.4, -0.2) is 38.0 Å². The van der Waals surface area contributed by atoms with Gasteiger partial charge in [-0.1, -0.05) is 26.7 Å². The van der Waals surface area contributed by atoms with Crippen molar-refractivity contribution in [1.29, 1.82) is 0 Å². The quantitative estimate of drug-likeness (QED) is 0.781. The van der Waals surface area contributed by atoms with Crippen LogP contribution < -0.4 is 0 Å². The van der Waals surface area contributed by atoms with E-state index < -0.39 is 11.6 Å². The molecule has 0 radical (unpaired) electrons. The summed E-state index contributed by atoms with van der Waals surface area (Å²) in [7, 11) is 3.45. The summed E-state index contributed by atoms with van der Waals surface area (Å²) in [5.74, 6) is -0.401. The number of hydrogen-bond acceptors (Lipinski definition) is 4. The average molecular weight is 284 g/mol. The molecule has 4 nitrogen and oxygen atoms in total. The van der Waals surface area contributed by atoms with Crippen molar-refractivity contribution >= 4 is 0 Å². The molecule has 2 aliphatic carbocycles. The first kappa shape index (κ1) is 14.8. The average Bonchev–Trinajstić information content (AvgIpc) is 2.46. The molecule has 3 aliphatic rings. The fraction of sp³-hybridized carbons (Fsp3) is 1.00. The van der Waals surface area contributed by atoms with Crippen molar-refractivity contribution in [2.45, 2.75) is 76.2 Å². The van der Waals surface area contributed by atoms with Gasteiger partial charge in [-0.3, -0.25) is 0 Å². The Morgan fingerprint density at radius 2 is 1.20 bits per heavy atom. The second-order valence-corrected chi connectivity index (χ2v) is 6.87. The number of methoxy groups -OCH3 is 2. The third-order valence-corrected chi connectivity index (χ3v) is 5.72. The molecule has 116 valence electrons. The van der Waals surface area contributed by atoms with Crippen LogP contribution >= 0.6 is 0 Å². The summed E-state index contributed by atoms with van der Waals surface area (Å²) in [6.07, 6.45) is 6.56. The van der Waals surface area contributed by atoms with E-state index in [-0.39, 0.29) is 12.2 Å². The molecule has 0 spiro atoms. The smallest absolute Gasteiger partial charge is 0.224 e. The highest BCUT2D eigenvalue weighted by Gasteiger charge is 2.65. The zero-order valence-corrected chi connectivity index (χ0v) is 13.2. The van der Waals surface area contributed by atoms with E-state index >= 15 is 0 Å². The summed E-state index contributed by atoms with van der Waals surface area (Å²) in [4.78, 5) is 0. The summed E-state index contributed by atoms with van der Waals surface area (Å²) in [5.41, 5.74) is 0. The molecular formula is C16H28O4. The molecule has 2 saturated carbocycles. The minimum atomic E-state index is -0.744. The fourth-order valence-electron chi connectivity index (χ4n) is 4.23. The van der Waals surface area contributed by atoms with Crippen molar-refractivity contribution in [3.05, 3.63) is 0 Å². The molecule has 0 bridgehead atoms. The number of hydrogen-bond donors (Lipinski definition) is 0. The van der Waals surface area contributed by atoms with Gasteiger partial charge in [0.05, 0.1) is 12.2 Å². The molecule has 0 N–H and O–H groups in total. The molecule has 0 amide bonds. The SMILES string of the molecule is CO[C@]12C[C@H](C)[C@@H](C)C[C@@]1(OC)O[C@@H]1CCCC[C@H]1O2. The third-order valence-electron chi connectivity index (χ3n) is 5.72. The van der Waals surface area contributed by atoms with Crippen molar-refractivity contribution in [3.63, 3.8) is 0 Å². The molecule has 1 aliphatic heterocycles. The Morgan fingerprint density at radius 3 is 1.55 bits per heavy atom. The lowest BCUT2D eigenvalue weighted by Gasteiger charge is -2.60. The van der Waals surface area contributed by atoms with Crippen LogP contribution in [0.3, 0.4) is 0 Å². The molecule has 0 aromatic heterocycles. The van der Waals surface area contributed by atoms with Gasteiger partial charge in [0, 0.05) is 27.1 Å². The highest BCUT2D eigenvalue weighted by atomic mass is 16.8. The van der Waals surface area contributed by atoms with E-state index in [9.17, 15) is 0 Å². The van der Waals surface area contributed by atoms with Crippen LogP contribution in [0.1, 0.15) is 52.4 Å². The highest BCUT2D eigenvalue weighted by molar-refractivity contribution is 5.02. The van der Waals surface area contributed by atoms with Crippen molar-refractivity contribution in [3.8, 4) is 0 Å². The summed E-state index contributed by atoms with van der Waals surface area (Å²) >= 11 is 0. The maximum Gasteiger partial charge on any atom is 0.224 e. The number of ether oxygens (including phenoxy) is 4. The lowest BCUT2D eigenvalue weighted by molar-refractivity contribution is -0.478. The molecular weight excluding hydrogens is 256 g/mol. The first-order chi connectivity index (χ1) is 9.56. The normalized spacial score (nSPS) is 52.2. The molecule has 3 fully saturated rings. The van der Waals surface area contributed by atoms with E-state index in [1.54, 1.807) is 14.2 Å². The number of fused-ring (bicyclic) bond motifs is 2. The van der Waals surface area contributed by atoms with Gasteiger partial charge in [0.2, 0.25) is 11.6 Å². The molecule has 1 heterocycles. The van der Waals surface area contributed by atoms with Gasteiger partial charge in [-0.05, 0) is 24.7 Å². The lowest BCUT2D eigenvalue weighted by Crippen LogP contribution is -2.71. The Morgan fingerprint density at radius 1 is 0.800 bits per heavy atom. The van der Waals surface area contributed by atoms with Gasteiger partial charge in [0.1, 0.15) is 0 Å². The van der Waals surface area contributed by atoms with Gasteiger partial charge in [0.15, 0.2) is 0 Å². The van der Waals surface area contributed by atoms with Crippen LogP contribution in [0.2, 0.25) is 0 Å². The van der Waals surface area contributed by atoms with E-state index in [4.69, 9.17) is 18.9 Å². The second-order valence-electron chi connectivity index (χ2n) is 6.87. The van der Waals surface area contributed by atoms with Crippen LogP contribution in [0.4, 0.5) is 0 Å². The minimum Gasteiger partial charge on any atom is -0.349 e. The van der Waals surface area contributed by atoms with Gasteiger partial charge in [-0.2, -0.15) is 0 Å². The summed E-state index contributed by atoms with van der Waals surface area (Å²) in [5, 5.41) is 0. The summed E-state index contributed by atoms with van der Waals surface area (Å²) in [6.45, 7) is 4.53.